The third kappa shape index (κ3) is 4.97. The van der Waals surface area contributed by atoms with Gasteiger partial charge >= 0.3 is 12.3 Å². The van der Waals surface area contributed by atoms with Crippen LogP contribution in [0.1, 0.15) is 38.8 Å². The number of carbonyl (C=O) groups excluding carboxylic acids is 1. The van der Waals surface area contributed by atoms with Gasteiger partial charge in [-0.05, 0) is 81.1 Å². The maximum Gasteiger partial charge on any atom is 0.573 e. The largest absolute Gasteiger partial charge is 0.573 e. The zero-order valence-electron chi connectivity index (χ0n) is 18.8. The number of hydrogen-bond donors (Lipinski definition) is 1. The van der Waals surface area contributed by atoms with E-state index in [1.54, 1.807) is 46.8 Å². The minimum atomic E-state index is -4.93. The molecule has 0 fully saturated rings. The molecule has 3 rings (SSSR count). The van der Waals surface area contributed by atoms with E-state index < -0.39 is 23.7 Å². The first-order valence-corrected chi connectivity index (χ1v) is 10.2. The number of benzene rings is 2. The van der Waals surface area contributed by atoms with Gasteiger partial charge in [-0.25, -0.2) is 4.79 Å². The summed E-state index contributed by atoms with van der Waals surface area (Å²) in [5.41, 5.74) is 1.22. The van der Waals surface area contributed by atoms with Crippen molar-refractivity contribution in [3.05, 3.63) is 47.5 Å². The third-order valence-electron chi connectivity index (χ3n) is 5.33. The van der Waals surface area contributed by atoms with E-state index in [9.17, 15) is 22.8 Å². The average molecular weight is 463 g/mol. The Morgan fingerprint density at radius 2 is 1.88 bits per heavy atom. The van der Waals surface area contributed by atoms with Crippen LogP contribution in [0.2, 0.25) is 0 Å². The van der Waals surface area contributed by atoms with Gasteiger partial charge in [-0.1, -0.05) is 6.07 Å². The molecule has 33 heavy (non-hydrogen) atoms. The summed E-state index contributed by atoms with van der Waals surface area (Å²) in [7, 11) is 0. The van der Waals surface area contributed by atoms with E-state index in [4.69, 9.17) is 9.84 Å². The van der Waals surface area contributed by atoms with Crippen molar-refractivity contribution in [2.24, 2.45) is 0 Å². The second-order valence-corrected chi connectivity index (χ2v) is 8.22. The zero-order chi connectivity index (χ0) is 24.7. The van der Waals surface area contributed by atoms with Gasteiger partial charge in [0.1, 0.15) is 11.5 Å². The molecule has 0 unspecified atom stereocenters. The number of rotatable bonds is 5. The maximum atomic E-state index is 13.1. The molecule has 0 saturated heterocycles. The van der Waals surface area contributed by atoms with Gasteiger partial charge in [0.15, 0.2) is 5.60 Å². The van der Waals surface area contributed by atoms with Crippen molar-refractivity contribution < 1.29 is 37.3 Å². The van der Waals surface area contributed by atoms with Crippen LogP contribution in [0.4, 0.5) is 18.9 Å². The fourth-order valence-corrected chi connectivity index (χ4v) is 3.79. The lowest BCUT2D eigenvalue weighted by Crippen LogP contribution is -2.52. The lowest BCUT2D eigenvalue weighted by atomic mass is 9.93. The number of carboxylic acid groups (broad SMARTS) is 1. The molecular formula is C24H24F3NO5. The Morgan fingerprint density at radius 1 is 1.21 bits per heavy atom. The molecule has 0 bridgehead atoms. The highest BCUT2D eigenvalue weighted by Gasteiger charge is 2.41. The molecule has 9 heteroatoms. The highest BCUT2D eigenvalue weighted by molar-refractivity contribution is 6.03. The number of halogens is 3. The van der Waals surface area contributed by atoms with Gasteiger partial charge < -0.3 is 19.5 Å². The standard InChI is InChI=1S/C24H24F3NO5/c1-6-28-18-12-16(14(3)9-20(18)32-23(4,5)22(28)31)17-11-15(13(2)10-21(29)30)7-8-19(17)33-24(25,26)27/h7-12H,6H2,1-5H3,(H,29,30)/b13-10+. The number of fused-ring (bicyclic) bond motifs is 1. The van der Waals surface area contributed by atoms with Crippen LogP contribution in [0.25, 0.3) is 16.7 Å². The van der Waals surface area contributed by atoms with Gasteiger partial charge in [0, 0.05) is 18.2 Å². The molecule has 1 heterocycles. The first-order chi connectivity index (χ1) is 15.2. The lowest BCUT2D eigenvalue weighted by molar-refractivity contribution is -0.274. The molecule has 176 valence electrons. The van der Waals surface area contributed by atoms with Crippen LogP contribution in [0, 0.1) is 6.92 Å². The maximum absolute atomic E-state index is 13.1. The van der Waals surface area contributed by atoms with Crippen LogP contribution < -0.4 is 14.4 Å². The van der Waals surface area contributed by atoms with E-state index in [2.05, 4.69) is 4.74 Å². The Morgan fingerprint density at radius 3 is 2.45 bits per heavy atom. The number of carbonyl (C=O) groups is 2. The van der Waals surface area contributed by atoms with Crippen molar-refractivity contribution in [3.63, 3.8) is 0 Å². The molecule has 2 aromatic carbocycles. The van der Waals surface area contributed by atoms with E-state index in [0.717, 1.165) is 12.1 Å². The number of likely N-dealkylation sites (N-methyl/N-ethyl adjacent to an activating group) is 1. The molecule has 0 aromatic heterocycles. The highest BCUT2D eigenvalue weighted by atomic mass is 19.4. The molecule has 6 nitrogen and oxygen atoms in total. The van der Waals surface area contributed by atoms with Crippen LogP contribution in [0.15, 0.2) is 36.4 Å². The molecule has 1 aliphatic heterocycles. The normalized spacial score (nSPS) is 15.7. The highest BCUT2D eigenvalue weighted by Crippen LogP contribution is 2.45. The van der Waals surface area contributed by atoms with Gasteiger partial charge in [-0.3, -0.25) is 4.79 Å². The smallest absolute Gasteiger partial charge is 0.478 e. The van der Waals surface area contributed by atoms with E-state index >= 15 is 0 Å². The Balaban J connectivity index is 2.25. The first kappa shape index (κ1) is 24.2. The van der Waals surface area contributed by atoms with Crippen LogP contribution >= 0.6 is 0 Å². The first-order valence-electron chi connectivity index (χ1n) is 10.2. The summed E-state index contributed by atoms with van der Waals surface area (Å²) in [6, 6.07) is 7.22. The molecule has 1 aliphatic rings. The van der Waals surface area contributed by atoms with Gasteiger partial charge in [0.05, 0.1) is 5.69 Å². The second-order valence-electron chi connectivity index (χ2n) is 8.22. The summed E-state index contributed by atoms with van der Waals surface area (Å²) in [5.74, 6) is -1.44. The van der Waals surface area contributed by atoms with Crippen molar-refractivity contribution in [2.75, 3.05) is 11.4 Å². The minimum absolute atomic E-state index is 0.108. The summed E-state index contributed by atoms with van der Waals surface area (Å²) < 4.78 is 49.5. The number of amides is 1. The molecule has 1 N–H and O–H groups in total. The topological polar surface area (TPSA) is 76.1 Å². The van der Waals surface area contributed by atoms with Gasteiger partial charge in [0.25, 0.3) is 5.91 Å². The molecule has 0 aliphatic carbocycles. The number of allylic oxidation sites excluding steroid dienone is 1. The lowest BCUT2D eigenvalue weighted by Gasteiger charge is -2.39. The zero-order valence-corrected chi connectivity index (χ0v) is 18.8. The van der Waals surface area contributed by atoms with Crippen molar-refractivity contribution >= 4 is 23.1 Å². The quantitative estimate of drug-likeness (QED) is 0.587. The van der Waals surface area contributed by atoms with Crippen molar-refractivity contribution in [1.29, 1.82) is 0 Å². The Hall–Kier alpha value is -3.49. The number of anilines is 1. The molecule has 0 radical (unpaired) electrons. The number of ether oxygens (including phenoxy) is 2. The van der Waals surface area contributed by atoms with Crippen LogP contribution in [0.3, 0.4) is 0 Å². The summed E-state index contributed by atoms with van der Waals surface area (Å²) in [4.78, 5) is 25.4. The van der Waals surface area contributed by atoms with Crippen LogP contribution in [-0.2, 0) is 9.59 Å². The van der Waals surface area contributed by atoms with E-state index in [-0.39, 0.29) is 11.5 Å². The number of alkyl halides is 3. The predicted octanol–water partition coefficient (Wildman–Crippen LogP) is 5.57. The number of aliphatic carboxylic acids is 1. The summed E-state index contributed by atoms with van der Waals surface area (Å²) in [5, 5.41) is 9.04. The third-order valence-corrected chi connectivity index (χ3v) is 5.33. The fourth-order valence-electron chi connectivity index (χ4n) is 3.79. The summed E-state index contributed by atoms with van der Waals surface area (Å²) in [6.45, 7) is 8.70. The van der Waals surface area contributed by atoms with Crippen LogP contribution in [0.5, 0.6) is 11.5 Å². The molecule has 2 aromatic rings. The number of nitrogens with zero attached hydrogens (tertiary/aromatic N) is 1. The Bertz CT molecular complexity index is 1150. The SMILES string of the molecule is CCN1C(=O)C(C)(C)Oc2cc(C)c(-c3cc(/C(C)=C/C(=O)O)ccc3OC(F)(F)F)cc21. The van der Waals surface area contributed by atoms with Crippen molar-refractivity contribution in [2.45, 2.75) is 46.6 Å². The molecular weight excluding hydrogens is 439 g/mol. The molecule has 0 atom stereocenters. The van der Waals surface area contributed by atoms with E-state index in [0.29, 0.717) is 40.2 Å². The average Bonchev–Trinajstić information content (AvgIpc) is 2.67. The van der Waals surface area contributed by atoms with E-state index in [1.165, 1.54) is 17.0 Å². The van der Waals surface area contributed by atoms with Gasteiger partial charge in [-0.15, -0.1) is 13.2 Å². The fraction of sp³-hybridized carbons (Fsp3) is 0.333. The van der Waals surface area contributed by atoms with Gasteiger partial charge in [-0.2, -0.15) is 0 Å². The number of aryl methyl sites for hydroxylation is 1. The predicted molar refractivity (Wildman–Crippen MR) is 117 cm³/mol. The molecule has 0 spiro atoms. The van der Waals surface area contributed by atoms with Crippen LogP contribution in [-0.4, -0.2) is 35.5 Å². The Kier molecular flexibility index (Phi) is 6.19. The number of carboxylic acids is 1. The van der Waals surface area contributed by atoms with Crippen molar-refractivity contribution in [3.8, 4) is 22.6 Å². The Labute approximate surface area is 189 Å². The van der Waals surface area contributed by atoms with Crippen molar-refractivity contribution in [1.82, 2.24) is 0 Å². The summed E-state index contributed by atoms with van der Waals surface area (Å²) in [6.07, 6.45) is -3.96. The second kappa shape index (κ2) is 8.46. The number of hydrogen-bond acceptors (Lipinski definition) is 4. The monoisotopic (exact) mass is 463 g/mol. The minimum Gasteiger partial charge on any atom is -0.478 e. The molecule has 0 saturated carbocycles. The van der Waals surface area contributed by atoms with Gasteiger partial charge in [0.2, 0.25) is 0 Å². The summed E-state index contributed by atoms with van der Waals surface area (Å²) >= 11 is 0. The molecule has 1 amide bonds. The van der Waals surface area contributed by atoms with E-state index in [1.807, 2.05) is 0 Å².